The molecule has 5 nitrogen and oxygen atoms in total. The molecule has 26 heavy (non-hydrogen) atoms. The topological polar surface area (TPSA) is 76.4 Å². The van der Waals surface area contributed by atoms with Crippen molar-refractivity contribution in [2.24, 2.45) is 11.8 Å². The Kier molecular flexibility index (Phi) is 4.14. The Morgan fingerprint density at radius 3 is 2.46 bits per heavy atom. The Morgan fingerprint density at radius 2 is 1.81 bits per heavy atom. The molecular weight excluding hydrogens is 326 g/mol. The monoisotopic (exact) mass is 347 g/mol. The van der Waals surface area contributed by atoms with Crippen molar-refractivity contribution in [1.82, 2.24) is 4.90 Å². The van der Waals surface area contributed by atoms with Gasteiger partial charge in [-0.3, -0.25) is 0 Å². The first kappa shape index (κ1) is 16.6. The summed E-state index contributed by atoms with van der Waals surface area (Å²) in [5, 5.41) is 22.9. The Hall–Kier alpha value is -2.84. The number of amides is 2. The molecule has 2 N–H and O–H groups in total. The lowest BCUT2D eigenvalue weighted by molar-refractivity contribution is 0.0328. The quantitative estimate of drug-likeness (QED) is 0.875. The highest BCUT2D eigenvalue weighted by molar-refractivity contribution is 5.89. The molecule has 0 radical (unpaired) electrons. The molecule has 2 aromatic rings. The number of carbonyl (C=O) groups is 1. The molecule has 3 atom stereocenters. The SMILES string of the molecule is N#Cc1cccc(NC(=O)N2C[C@@H]3CC(O)(c4ccccc4)C[C@@H]3C2)c1. The zero-order valence-corrected chi connectivity index (χ0v) is 14.4. The molecule has 1 aliphatic carbocycles. The highest BCUT2D eigenvalue weighted by atomic mass is 16.3. The summed E-state index contributed by atoms with van der Waals surface area (Å²) in [5.74, 6) is 0.632. The van der Waals surface area contributed by atoms with Gasteiger partial charge in [-0.15, -0.1) is 0 Å². The van der Waals surface area contributed by atoms with Crippen molar-refractivity contribution in [3.8, 4) is 6.07 Å². The fraction of sp³-hybridized carbons (Fsp3) is 0.333. The summed E-state index contributed by atoms with van der Waals surface area (Å²) in [6, 6.07) is 18.7. The molecule has 0 aromatic heterocycles. The van der Waals surface area contributed by atoms with Gasteiger partial charge in [0.2, 0.25) is 0 Å². The molecule has 2 amide bonds. The van der Waals surface area contributed by atoms with E-state index in [9.17, 15) is 9.90 Å². The van der Waals surface area contributed by atoms with Gasteiger partial charge in [-0.05, 0) is 48.4 Å². The molecule has 2 aliphatic rings. The number of fused-ring (bicyclic) bond motifs is 1. The van der Waals surface area contributed by atoms with Crippen LogP contribution in [0.4, 0.5) is 10.5 Å². The first-order chi connectivity index (χ1) is 12.6. The third-order valence-electron chi connectivity index (χ3n) is 5.62. The molecule has 132 valence electrons. The Labute approximate surface area is 152 Å². The number of likely N-dealkylation sites (tertiary alicyclic amines) is 1. The molecule has 2 fully saturated rings. The summed E-state index contributed by atoms with van der Waals surface area (Å²) in [5.41, 5.74) is 1.35. The lowest BCUT2D eigenvalue weighted by Crippen LogP contribution is -2.35. The molecule has 5 heteroatoms. The van der Waals surface area contributed by atoms with E-state index in [1.54, 1.807) is 24.3 Å². The van der Waals surface area contributed by atoms with Crippen LogP contribution in [0, 0.1) is 23.2 Å². The van der Waals surface area contributed by atoms with Crippen molar-refractivity contribution in [3.05, 3.63) is 65.7 Å². The maximum atomic E-state index is 12.5. The molecule has 1 saturated heterocycles. The molecule has 2 aromatic carbocycles. The molecule has 1 aliphatic heterocycles. The first-order valence-electron chi connectivity index (χ1n) is 8.91. The molecule has 1 saturated carbocycles. The number of carbonyl (C=O) groups excluding carboxylic acids is 1. The second-order valence-corrected chi connectivity index (χ2v) is 7.35. The van der Waals surface area contributed by atoms with Crippen LogP contribution in [0.3, 0.4) is 0 Å². The average molecular weight is 347 g/mol. The number of anilines is 1. The van der Waals surface area contributed by atoms with Gasteiger partial charge in [0.15, 0.2) is 0 Å². The molecule has 0 bridgehead atoms. The Bertz CT molecular complexity index is 845. The van der Waals surface area contributed by atoms with Crippen LogP contribution in [0.25, 0.3) is 0 Å². The van der Waals surface area contributed by atoms with E-state index in [0.717, 1.165) is 5.56 Å². The van der Waals surface area contributed by atoms with Gasteiger partial charge < -0.3 is 15.3 Å². The van der Waals surface area contributed by atoms with Crippen molar-refractivity contribution >= 4 is 11.7 Å². The average Bonchev–Trinajstić information content (AvgIpc) is 3.18. The maximum Gasteiger partial charge on any atom is 0.321 e. The van der Waals surface area contributed by atoms with E-state index in [4.69, 9.17) is 5.26 Å². The van der Waals surface area contributed by atoms with Gasteiger partial charge in [0.1, 0.15) is 0 Å². The minimum atomic E-state index is -0.777. The van der Waals surface area contributed by atoms with Crippen LogP contribution < -0.4 is 5.32 Å². The van der Waals surface area contributed by atoms with Gasteiger partial charge in [0.05, 0.1) is 17.2 Å². The summed E-state index contributed by atoms with van der Waals surface area (Å²) in [6.07, 6.45) is 1.38. The molecule has 4 rings (SSSR count). The van der Waals surface area contributed by atoms with Gasteiger partial charge in [-0.1, -0.05) is 36.4 Å². The molecule has 1 unspecified atom stereocenters. The van der Waals surface area contributed by atoms with Crippen LogP contribution >= 0.6 is 0 Å². The molecular formula is C21H21N3O2. The number of nitrogens with one attached hydrogen (secondary N) is 1. The van der Waals surface area contributed by atoms with Gasteiger partial charge in [-0.25, -0.2) is 4.79 Å². The van der Waals surface area contributed by atoms with Crippen molar-refractivity contribution in [3.63, 3.8) is 0 Å². The number of rotatable bonds is 2. The standard InChI is InChI=1S/C21H21N3O2/c22-12-15-5-4-8-19(9-15)23-20(25)24-13-16-10-21(26,11-17(16)14-24)18-6-2-1-3-7-18/h1-9,16-17,26H,10-11,13-14H2,(H,23,25)/t16-,17+,21?. The van der Waals surface area contributed by atoms with E-state index in [2.05, 4.69) is 11.4 Å². The van der Waals surface area contributed by atoms with E-state index in [-0.39, 0.29) is 6.03 Å². The normalized spacial score (nSPS) is 27.0. The second kappa shape index (κ2) is 6.47. The summed E-state index contributed by atoms with van der Waals surface area (Å²) in [7, 11) is 0. The maximum absolute atomic E-state index is 12.5. The number of nitriles is 1. The molecule has 1 heterocycles. The number of hydrogen-bond acceptors (Lipinski definition) is 3. The van der Waals surface area contributed by atoms with E-state index >= 15 is 0 Å². The highest BCUT2D eigenvalue weighted by Gasteiger charge is 2.49. The van der Waals surface area contributed by atoms with E-state index in [1.165, 1.54) is 0 Å². The van der Waals surface area contributed by atoms with E-state index in [1.807, 2.05) is 35.2 Å². The van der Waals surface area contributed by atoms with Crippen molar-refractivity contribution < 1.29 is 9.90 Å². The lowest BCUT2D eigenvalue weighted by Gasteiger charge is -2.26. The minimum absolute atomic E-state index is 0.141. The number of hydrogen-bond donors (Lipinski definition) is 2. The van der Waals surface area contributed by atoms with Crippen molar-refractivity contribution in [2.45, 2.75) is 18.4 Å². The summed E-state index contributed by atoms with van der Waals surface area (Å²) < 4.78 is 0. The van der Waals surface area contributed by atoms with E-state index < -0.39 is 5.60 Å². The Balaban J connectivity index is 1.40. The zero-order valence-electron chi connectivity index (χ0n) is 14.4. The van der Waals surface area contributed by atoms with Gasteiger partial charge in [-0.2, -0.15) is 5.26 Å². The summed E-state index contributed by atoms with van der Waals surface area (Å²) in [4.78, 5) is 14.4. The van der Waals surface area contributed by atoms with Crippen molar-refractivity contribution in [1.29, 1.82) is 5.26 Å². The molecule has 0 spiro atoms. The Morgan fingerprint density at radius 1 is 1.12 bits per heavy atom. The predicted octanol–water partition coefficient (Wildman–Crippen LogP) is 3.32. The highest BCUT2D eigenvalue weighted by Crippen LogP contribution is 2.48. The fourth-order valence-electron chi connectivity index (χ4n) is 4.37. The largest absolute Gasteiger partial charge is 0.385 e. The van der Waals surface area contributed by atoms with Crippen LogP contribution in [-0.2, 0) is 5.60 Å². The third kappa shape index (κ3) is 3.04. The van der Waals surface area contributed by atoms with Crippen LogP contribution in [0.1, 0.15) is 24.0 Å². The second-order valence-electron chi connectivity index (χ2n) is 7.35. The van der Waals surface area contributed by atoms with Gasteiger partial charge in [0, 0.05) is 18.8 Å². The van der Waals surface area contributed by atoms with Crippen LogP contribution in [0.15, 0.2) is 54.6 Å². The van der Waals surface area contributed by atoms with Crippen LogP contribution in [-0.4, -0.2) is 29.1 Å². The van der Waals surface area contributed by atoms with Crippen molar-refractivity contribution in [2.75, 3.05) is 18.4 Å². The van der Waals surface area contributed by atoms with E-state index in [0.29, 0.717) is 49.0 Å². The minimum Gasteiger partial charge on any atom is -0.385 e. The smallest absolute Gasteiger partial charge is 0.321 e. The first-order valence-corrected chi connectivity index (χ1v) is 8.91. The number of urea groups is 1. The number of nitrogens with zero attached hydrogens (tertiary/aromatic N) is 2. The lowest BCUT2D eigenvalue weighted by atomic mass is 9.90. The van der Waals surface area contributed by atoms with Crippen LogP contribution in [0.2, 0.25) is 0 Å². The summed E-state index contributed by atoms with van der Waals surface area (Å²) in [6.45, 7) is 1.31. The zero-order chi connectivity index (χ0) is 18.1. The fourth-order valence-corrected chi connectivity index (χ4v) is 4.37. The number of aliphatic hydroxyl groups is 1. The van der Waals surface area contributed by atoms with Crippen LogP contribution in [0.5, 0.6) is 0 Å². The number of benzene rings is 2. The van der Waals surface area contributed by atoms with Gasteiger partial charge in [0.25, 0.3) is 0 Å². The predicted molar refractivity (Wildman–Crippen MR) is 98.3 cm³/mol. The summed E-state index contributed by atoms with van der Waals surface area (Å²) >= 11 is 0. The van der Waals surface area contributed by atoms with Gasteiger partial charge >= 0.3 is 6.03 Å². The third-order valence-corrected chi connectivity index (χ3v) is 5.62.